The van der Waals surface area contributed by atoms with Crippen molar-refractivity contribution in [3.63, 3.8) is 0 Å². The van der Waals surface area contributed by atoms with E-state index < -0.39 is 0 Å². The number of ether oxygens (including phenoxy) is 1. The second kappa shape index (κ2) is 6.82. The molecule has 0 bridgehead atoms. The third kappa shape index (κ3) is 3.23. The maximum absolute atomic E-state index is 6.22. The summed E-state index contributed by atoms with van der Waals surface area (Å²) in [5.41, 5.74) is 6.03. The smallest absolute Gasteiger partial charge is 0.249 e. The molecular weight excluding hydrogens is 312 g/mol. The lowest BCUT2D eigenvalue weighted by atomic mass is 10.1. The van der Waals surface area contributed by atoms with Crippen molar-refractivity contribution in [3.05, 3.63) is 40.6 Å². The number of rotatable bonds is 5. The highest BCUT2D eigenvalue weighted by Crippen LogP contribution is 2.33. The van der Waals surface area contributed by atoms with Gasteiger partial charge in [0, 0.05) is 5.69 Å². The maximum Gasteiger partial charge on any atom is 0.249 e. The Morgan fingerprint density at radius 2 is 1.64 bits per heavy atom. The molecule has 1 aromatic carbocycles. The van der Waals surface area contributed by atoms with E-state index in [4.69, 9.17) is 4.74 Å². The Kier molecular flexibility index (Phi) is 4.75. The van der Waals surface area contributed by atoms with E-state index >= 15 is 0 Å². The standard InChI is InChI=1S/C20H26N4O/c1-7-16(8-2)24-17-11-15(6)21-20(18(17)22-23-24)25-19-13(4)9-12(3)10-14(19)5/h9-11,16H,7-8H2,1-6H3. The van der Waals surface area contributed by atoms with E-state index in [0.717, 1.165) is 46.4 Å². The van der Waals surface area contributed by atoms with Crippen LogP contribution in [0, 0.1) is 27.7 Å². The molecule has 132 valence electrons. The first kappa shape index (κ1) is 17.4. The third-order valence-corrected chi connectivity index (χ3v) is 4.65. The van der Waals surface area contributed by atoms with Crippen LogP contribution in [-0.4, -0.2) is 20.0 Å². The molecule has 3 aromatic rings. The molecule has 5 heteroatoms. The average Bonchev–Trinajstić information content (AvgIpc) is 2.96. The summed E-state index contributed by atoms with van der Waals surface area (Å²) in [6, 6.07) is 6.62. The van der Waals surface area contributed by atoms with Crippen molar-refractivity contribution in [1.82, 2.24) is 20.0 Å². The maximum atomic E-state index is 6.22. The number of pyridine rings is 1. The fourth-order valence-corrected chi connectivity index (χ4v) is 3.43. The lowest BCUT2D eigenvalue weighted by molar-refractivity contribution is 0.430. The third-order valence-electron chi connectivity index (χ3n) is 4.65. The van der Waals surface area contributed by atoms with Gasteiger partial charge in [0.25, 0.3) is 0 Å². The normalized spacial score (nSPS) is 11.5. The Balaban J connectivity index is 2.12. The van der Waals surface area contributed by atoms with Gasteiger partial charge in [0.15, 0.2) is 5.52 Å². The van der Waals surface area contributed by atoms with Gasteiger partial charge in [-0.2, -0.15) is 0 Å². The van der Waals surface area contributed by atoms with Crippen molar-refractivity contribution < 1.29 is 4.74 Å². The summed E-state index contributed by atoms with van der Waals surface area (Å²) in [5.74, 6) is 1.38. The molecular formula is C20H26N4O. The van der Waals surface area contributed by atoms with Gasteiger partial charge >= 0.3 is 0 Å². The van der Waals surface area contributed by atoms with Gasteiger partial charge in [-0.3, -0.25) is 0 Å². The van der Waals surface area contributed by atoms with Crippen LogP contribution in [0.5, 0.6) is 11.6 Å². The van der Waals surface area contributed by atoms with Crippen LogP contribution in [-0.2, 0) is 0 Å². The van der Waals surface area contributed by atoms with Gasteiger partial charge in [0.2, 0.25) is 5.88 Å². The average molecular weight is 338 g/mol. The summed E-state index contributed by atoms with van der Waals surface area (Å²) in [5, 5.41) is 8.76. The fraction of sp³-hybridized carbons (Fsp3) is 0.450. The van der Waals surface area contributed by atoms with E-state index in [1.807, 2.05) is 17.7 Å². The number of aryl methyl sites for hydroxylation is 4. The molecule has 0 spiro atoms. The predicted octanol–water partition coefficient (Wildman–Crippen LogP) is 5.21. The summed E-state index contributed by atoms with van der Waals surface area (Å²) in [6.07, 6.45) is 2.03. The highest BCUT2D eigenvalue weighted by atomic mass is 16.5. The van der Waals surface area contributed by atoms with Crippen molar-refractivity contribution in [2.45, 2.75) is 60.4 Å². The van der Waals surface area contributed by atoms with Crippen LogP contribution in [0.4, 0.5) is 0 Å². The molecule has 3 rings (SSSR count). The van der Waals surface area contributed by atoms with Crippen LogP contribution in [0.2, 0.25) is 0 Å². The monoisotopic (exact) mass is 338 g/mol. The zero-order chi connectivity index (χ0) is 18.1. The number of hydrogen-bond acceptors (Lipinski definition) is 4. The molecule has 0 amide bonds. The molecule has 0 fully saturated rings. The van der Waals surface area contributed by atoms with Crippen LogP contribution in [0.3, 0.4) is 0 Å². The predicted molar refractivity (Wildman–Crippen MR) is 100 cm³/mol. The molecule has 0 saturated heterocycles. The molecule has 2 heterocycles. The molecule has 25 heavy (non-hydrogen) atoms. The van der Waals surface area contributed by atoms with Gasteiger partial charge in [-0.1, -0.05) is 36.8 Å². The van der Waals surface area contributed by atoms with Crippen molar-refractivity contribution in [2.24, 2.45) is 0 Å². The first-order chi connectivity index (χ1) is 11.9. The summed E-state index contributed by atoms with van der Waals surface area (Å²) < 4.78 is 8.23. The van der Waals surface area contributed by atoms with E-state index in [2.05, 4.69) is 62.0 Å². The van der Waals surface area contributed by atoms with Crippen LogP contribution < -0.4 is 4.74 Å². The second-order valence-corrected chi connectivity index (χ2v) is 6.77. The minimum Gasteiger partial charge on any atom is -0.436 e. The summed E-state index contributed by atoms with van der Waals surface area (Å²) in [6.45, 7) is 12.5. The minimum absolute atomic E-state index is 0.336. The molecule has 0 radical (unpaired) electrons. The molecule has 0 aliphatic rings. The molecule has 0 saturated carbocycles. The van der Waals surface area contributed by atoms with Crippen molar-refractivity contribution in [2.75, 3.05) is 0 Å². The van der Waals surface area contributed by atoms with Crippen molar-refractivity contribution in [3.8, 4) is 11.6 Å². The second-order valence-electron chi connectivity index (χ2n) is 6.77. The molecule has 0 atom stereocenters. The van der Waals surface area contributed by atoms with E-state index in [1.54, 1.807) is 0 Å². The Hall–Kier alpha value is -2.43. The SMILES string of the molecule is CCC(CC)n1nnc2c(Oc3c(C)cc(C)cc3C)nc(C)cc21. The van der Waals surface area contributed by atoms with Gasteiger partial charge in [-0.25, -0.2) is 9.67 Å². The van der Waals surface area contributed by atoms with Gasteiger partial charge < -0.3 is 4.74 Å². The van der Waals surface area contributed by atoms with Gasteiger partial charge in [0.1, 0.15) is 5.75 Å². The van der Waals surface area contributed by atoms with E-state index in [0.29, 0.717) is 11.9 Å². The molecule has 5 nitrogen and oxygen atoms in total. The number of aromatic nitrogens is 4. The summed E-state index contributed by atoms with van der Waals surface area (Å²) in [7, 11) is 0. The number of fused-ring (bicyclic) bond motifs is 1. The van der Waals surface area contributed by atoms with E-state index in [9.17, 15) is 0 Å². The quantitative estimate of drug-likeness (QED) is 0.640. The van der Waals surface area contributed by atoms with Gasteiger partial charge in [0.05, 0.1) is 11.6 Å². The van der Waals surface area contributed by atoms with Gasteiger partial charge in [-0.05, 0) is 57.7 Å². The van der Waals surface area contributed by atoms with E-state index in [-0.39, 0.29) is 0 Å². The Morgan fingerprint density at radius 3 is 2.24 bits per heavy atom. The van der Waals surface area contributed by atoms with Crippen LogP contribution in [0.1, 0.15) is 55.1 Å². The molecule has 0 aliphatic heterocycles. The first-order valence-corrected chi connectivity index (χ1v) is 8.92. The van der Waals surface area contributed by atoms with E-state index in [1.165, 1.54) is 5.56 Å². The van der Waals surface area contributed by atoms with Crippen molar-refractivity contribution >= 4 is 11.0 Å². The highest BCUT2D eigenvalue weighted by molar-refractivity contribution is 5.80. The van der Waals surface area contributed by atoms with Crippen LogP contribution >= 0.6 is 0 Å². The van der Waals surface area contributed by atoms with Crippen LogP contribution in [0.15, 0.2) is 18.2 Å². The summed E-state index contributed by atoms with van der Waals surface area (Å²) in [4.78, 5) is 4.59. The Morgan fingerprint density at radius 1 is 1.00 bits per heavy atom. The van der Waals surface area contributed by atoms with Crippen molar-refractivity contribution in [1.29, 1.82) is 0 Å². The molecule has 2 aromatic heterocycles. The first-order valence-electron chi connectivity index (χ1n) is 8.92. The minimum atomic E-state index is 0.336. The van der Waals surface area contributed by atoms with Gasteiger partial charge in [-0.15, -0.1) is 5.10 Å². The Labute approximate surface area is 149 Å². The number of hydrogen-bond donors (Lipinski definition) is 0. The zero-order valence-electron chi connectivity index (χ0n) is 15.9. The molecule has 0 aliphatic carbocycles. The molecule has 0 N–H and O–H groups in total. The lowest BCUT2D eigenvalue weighted by Gasteiger charge is -2.15. The fourth-order valence-electron chi connectivity index (χ4n) is 3.43. The molecule has 0 unspecified atom stereocenters. The Bertz CT molecular complexity index is 886. The topological polar surface area (TPSA) is 52.8 Å². The lowest BCUT2D eigenvalue weighted by Crippen LogP contribution is -2.08. The van der Waals surface area contributed by atoms with Crippen LogP contribution in [0.25, 0.3) is 11.0 Å². The largest absolute Gasteiger partial charge is 0.436 e. The summed E-state index contributed by atoms with van der Waals surface area (Å²) >= 11 is 0. The zero-order valence-corrected chi connectivity index (χ0v) is 15.9. The number of benzene rings is 1. The highest BCUT2D eigenvalue weighted by Gasteiger charge is 2.18. The number of nitrogens with zero attached hydrogens (tertiary/aromatic N) is 4.